The normalized spacial score (nSPS) is 16.7. The first-order chi connectivity index (χ1) is 10.1. The molecule has 5 heteroatoms. The van der Waals surface area contributed by atoms with Crippen molar-refractivity contribution in [1.82, 2.24) is 10.2 Å². The van der Waals surface area contributed by atoms with Crippen molar-refractivity contribution < 1.29 is 9.53 Å². The average Bonchev–Trinajstić information content (AvgIpc) is 2.98. The highest BCUT2D eigenvalue weighted by Gasteiger charge is 2.18. The Morgan fingerprint density at radius 3 is 2.76 bits per heavy atom. The summed E-state index contributed by atoms with van der Waals surface area (Å²) in [5.41, 5.74) is 6.90. The molecule has 0 saturated carbocycles. The van der Waals surface area contributed by atoms with E-state index >= 15 is 0 Å². The van der Waals surface area contributed by atoms with Crippen LogP contribution in [-0.4, -0.2) is 43.1 Å². The van der Waals surface area contributed by atoms with Crippen molar-refractivity contribution in [3.63, 3.8) is 0 Å². The Morgan fingerprint density at radius 1 is 1.38 bits per heavy atom. The molecule has 21 heavy (non-hydrogen) atoms. The van der Waals surface area contributed by atoms with E-state index in [2.05, 4.69) is 17.1 Å². The molecule has 3 N–H and O–H groups in total. The fourth-order valence-electron chi connectivity index (χ4n) is 2.66. The summed E-state index contributed by atoms with van der Waals surface area (Å²) >= 11 is 0. The summed E-state index contributed by atoms with van der Waals surface area (Å²) in [4.78, 5) is 14.6. The van der Waals surface area contributed by atoms with Gasteiger partial charge in [0.25, 0.3) is 5.91 Å². The van der Waals surface area contributed by atoms with Gasteiger partial charge in [0.1, 0.15) is 5.75 Å². The third-order valence-corrected chi connectivity index (χ3v) is 3.82. The van der Waals surface area contributed by atoms with Gasteiger partial charge in [-0.1, -0.05) is 0 Å². The van der Waals surface area contributed by atoms with Crippen molar-refractivity contribution in [3.8, 4) is 5.75 Å². The number of hydrogen-bond acceptors (Lipinski definition) is 4. The van der Waals surface area contributed by atoms with Crippen LogP contribution in [0.1, 0.15) is 37.0 Å². The predicted octanol–water partition coefficient (Wildman–Crippen LogP) is 1.88. The number of hydrogen-bond donors (Lipinski definition) is 2. The molecule has 1 aliphatic heterocycles. The fourth-order valence-corrected chi connectivity index (χ4v) is 2.66. The van der Waals surface area contributed by atoms with Gasteiger partial charge in [0.2, 0.25) is 0 Å². The maximum atomic E-state index is 12.2. The number of nitrogens with two attached hydrogens (primary N) is 1. The van der Waals surface area contributed by atoms with Crippen LogP contribution in [-0.2, 0) is 0 Å². The van der Waals surface area contributed by atoms with E-state index in [4.69, 9.17) is 10.5 Å². The Bertz CT molecular complexity index is 484. The van der Waals surface area contributed by atoms with Crippen molar-refractivity contribution >= 4 is 11.6 Å². The molecule has 0 bridgehead atoms. The van der Waals surface area contributed by atoms with Gasteiger partial charge in [-0.25, -0.2) is 0 Å². The van der Waals surface area contributed by atoms with E-state index in [0.29, 0.717) is 36.2 Å². The summed E-state index contributed by atoms with van der Waals surface area (Å²) < 4.78 is 5.42. The van der Waals surface area contributed by atoms with Crippen molar-refractivity contribution in [2.75, 3.05) is 32.0 Å². The number of nitrogen functional groups attached to an aromatic ring is 1. The van der Waals surface area contributed by atoms with Gasteiger partial charge in [0, 0.05) is 29.9 Å². The van der Waals surface area contributed by atoms with Crippen molar-refractivity contribution in [2.24, 2.45) is 0 Å². The van der Waals surface area contributed by atoms with Crippen LogP contribution in [0, 0.1) is 0 Å². The van der Waals surface area contributed by atoms with Gasteiger partial charge in [0.15, 0.2) is 0 Å². The molecule has 0 aromatic heterocycles. The van der Waals surface area contributed by atoms with Gasteiger partial charge in [-0.15, -0.1) is 0 Å². The lowest BCUT2D eigenvalue weighted by molar-refractivity contribution is 0.0940. The highest BCUT2D eigenvalue weighted by molar-refractivity contribution is 5.95. The largest absolute Gasteiger partial charge is 0.494 e. The van der Waals surface area contributed by atoms with Gasteiger partial charge in [0.05, 0.1) is 6.61 Å². The van der Waals surface area contributed by atoms with Crippen LogP contribution in [0.2, 0.25) is 0 Å². The number of likely N-dealkylation sites (tertiary alicyclic amines) is 1. The molecule has 1 heterocycles. The number of nitrogens with zero attached hydrogens (tertiary/aromatic N) is 1. The summed E-state index contributed by atoms with van der Waals surface area (Å²) in [5, 5.41) is 2.98. The van der Waals surface area contributed by atoms with Crippen molar-refractivity contribution in [1.29, 1.82) is 0 Å². The first-order valence-electron chi connectivity index (χ1n) is 7.65. The molecule has 1 atom stereocenters. The Morgan fingerprint density at radius 2 is 2.10 bits per heavy atom. The van der Waals surface area contributed by atoms with Crippen LogP contribution < -0.4 is 15.8 Å². The van der Waals surface area contributed by atoms with E-state index in [-0.39, 0.29) is 5.91 Å². The van der Waals surface area contributed by atoms with E-state index < -0.39 is 0 Å². The molecule has 0 radical (unpaired) electrons. The van der Waals surface area contributed by atoms with E-state index in [1.165, 1.54) is 12.8 Å². The molecule has 1 unspecified atom stereocenters. The third-order valence-electron chi connectivity index (χ3n) is 3.82. The lowest BCUT2D eigenvalue weighted by Gasteiger charge is -2.23. The van der Waals surface area contributed by atoms with Crippen LogP contribution in [0.15, 0.2) is 18.2 Å². The quantitative estimate of drug-likeness (QED) is 0.785. The number of nitrogens with one attached hydrogen (secondary N) is 1. The second kappa shape index (κ2) is 7.31. The smallest absolute Gasteiger partial charge is 0.251 e. The average molecular weight is 291 g/mol. The maximum Gasteiger partial charge on any atom is 0.251 e. The third kappa shape index (κ3) is 4.36. The van der Waals surface area contributed by atoms with Gasteiger partial charge in [-0.3, -0.25) is 9.69 Å². The van der Waals surface area contributed by atoms with Crippen LogP contribution in [0.3, 0.4) is 0 Å². The standard InChI is InChI=1S/C16H25N3O2/c1-3-21-15-9-13(8-14(17)10-15)16(20)18-11-12(2)19-6-4-5-7-19/h8-10,12H,3-7,11,17H2,1-2H3,(H,18,20). The minimum absolute atomic E-state index is 0.103. The lowest BCUT2D eigenvalue weighted by Crippen LogP contribution is -2.40. The molecular formula is C16H25N3O2. The first-order valence-corrected chi connectivity index (χ1v) is 7.65. The zero-order valence-corrected chi connectivity index (χ0v) is 12.9. The van der Waals surface area contributed by atoms with E-state index in [1.54, 1.807) is 18.2 Å². The molecular weight excluding hydrogens is 266 g/mol. The van der Waals surface area contributed by atoms with E-state index in [1.807, 2.05) is 6.92 Å². The Balaban J connectivity index is 1.93. The second-order valence-corrected chi connectivity index (χ2v) is 5.53. The van der Waals surface area contributed by atoms with Gasteiger partial charge in [-0.2, -0.15) is 0 Å². The zero-order chi connectivity index (χ0) is 15.2. The molecule has 2 rings (SSSR count). The number of amides is 1. The summed E-state index contributed by atoms with van der Waals surface area (Å²) in [7, 11) is 0. The summed E-state index contributed by atoms with van der Waals surface area (Å²) in [6.07, 6.45) is 2.51. The maximum absolute atomic E-state index is 12.2. The molecule has 1 aliphatic rings. The minimum atomic E-state index is -0.103. The number of ether oxygens (including phenoxy) is 1. The van der Waals surface area contributed by atoms with E-state index in [9.17, 15) is 4.79 Å². The van der Waals surface area contributed by atoms with Gasteiger partial charge < -0.3 is 15.8 Å². The second-order valence-electron chi connectivity index (χ2n) is 5.53. The monoisotopic (exact) mass is 291 g/mol. The summed E-state index contributed by atoms with van der Waals surface area (Å²) in [6.45, 7) is 7.51. The Labute approximate surface area is 126 Å². The SMILES string of the molecule is CCOc1cc(N)cc(C(=O)NCC(C)N2CCCC2)c1. The first kappa shape index (κ1) is 15.6. The molecule has 0 aliphatic carbocycles. The fraction of sp³-hybridized carbons (Fsp3) is 0.562. The molecule has 116 valence electrons. The molecule has 0 spiro atoms. The van der Waals surface area contributed by atoms with E-state index in [0.717, 1.165) is 13.1 Å². The number of carbonyl (C=O) groups excluding carboxylic acids is 1. The minimum Gasteiger partial charge on any atom is -0.494 e. The van der Waals surface area contributed by atoms with Crippen molar-refractivity contribution in [2.45, 2.75) is 32.7 Å². The van der Waals surface area contributed by atoms with Crippen molar-refractivity contribution in [3.05, 3.63) is 23.8 Å². The topological polar surface area (TPSA) is 67.6 Å². The van der Waals surface area contributed by atoms with Crippen LogP contribution in [0.25, 0.3) is 0 Å². The summed E-state index contributed by atoms with van der Waals surface area (Å²) in [5.74, 6) is 0.532. The lowest BCUT2D eigenvalue weighted by atomic mass is 10.1. The molecule has 1 saturated heterocycles. The molecule has 1 aromatic carbocycles. The summed E-state index contributed by atoms with van der Waals surface area (Å²) in [6, 6.07) is 5.50. The highest BCUT2D eigenvalue weighted by atomic mass is 16.5. The van der Waals surface area contributed by atoms with Gasteiger partial charge in [-0.05, 0) is 51.9 Å². The van der Waals surface area contributed by atoms with Crippen LogP contribution in [0.4, 0.5) is 5.69 Å². The number of rotatable bonds is 6. The number of carbonyl (C=O) groups is 1. The zero-order valence-electron chi connectivity index (χ0n) is 12.9. The van der Waals surface area contributed by atoms with Crippen LogP contribution >= 0.6 is 0 Å². The predicted molar refractivity (Wildman–Crippen MR) is 84.6 cm³/mol. The Kier molecular flexibility index (Phi) is 5.44. The Hall–Kier alpha value is -1.75. The highest BCUT2D eigenvalue weighted by Crippen LogP contribution is 2.19. The molecule has 1 aromatic rings. The number of benzene rings is 1. The molecule has 1 fully saturated rings. The molecule has 1 amide bonds. The molecule has 5 nitrogen and oxygen atoms in total. The van der Waals surface area contributed by atoms with Gasteiger partial charge >= 0.3 is 0 Å². The van der Waals surface area contributed by atoms with Crippen LogP contribution in [0.5, 0.6) is 5.75 Å². The number of anilines is 1.